The van der Waals surface area contributed by atoms with Crippen LogP contribution in [0.4, 0.5) is 0 Å². The smallest absolute Gasteiger partial charge is 0.206 e. The van der Waals surface area contributed by atoms with E-state index in [2.05, 4.69) is 0 Å². The van der Waals surface area contributed by atoms with Crippen molar-refractivity contribution in [2.24, 2.45) is 0 Å². The maximum Gasteiger partial charge on any atom is 0.206 e. The van der Waals surface area contributed by atoms with Crippen molar-refractivity contribution < 1.29 is 9.53 Å². The summed E-state index contributed by atoms with van der Waals surface area (Å²) in [5, 5.41) is 1.01. The summed E-state index contributed by atoms with van der Waals surface area (Å²) >= 11 is 1.49. The summed E-state index contributed by atoms with van der Waals surface area (Å²) < 4.78 is 6.80. The summed E-state index contributed by atoms with van der Waals surface area (Å²) in [6.07, 6.45) is 0. The average molecular weight is 282 g/mol. The third-order valence-electron chi connectivity index (χ3n) is 3.08. The molecule has 2 aromatic carbocycles. The maximum atomic E-state index is 12.6. The highest BCUT2D eigenvalue weighted by Gasteiger charge is 2.20. The standard InChI is InChI=1S/C17H14O2S/c1-2-19-16-13-10-6-7-11-14(13)20-17(16)15(18)12-8-4-3-5-9-12/h3-11H,2H2,1H3. The van der Waals surface area contributed by atoms with Crippen LogP contribution in [0.3, 0.4) is 0 Å². The highest BCUT2D eigenvalue weighted by Crippen LogP contribution is 2.38. The highest BCUT2D eigenvalue weighted by atomic mass is 32.1. The van der Waals surface area contributed by atoms with Crippen molar-refractivity contribution in [3.8, 4) is 5.75 Å². The van der Waals surface area contributed by atoms with Crippen molar-refractivity contribution in [3.63, 3.8) is 0 Å². The lowest BCUT2D eigenvalue weighted by Crippen LogP contribution is -2.02. The number of fused-ring (bicyclic) bond motifs is 1. The minimum Gasteiger partial charge on any atom is -0.492 e. The molecule has 0 radical (unpaired) electrons. The van der Waals surface area contributed by atoms with Crippen LogP contribution in [0.25, 0.3) is 10.1 Å². The Bertz CT molecular complexity index is 744. The third kappa shape index (κ3) is 2.21. The van der Waals surface area contributed by atoms with Gasteiger partial charge in [0.25, 0.3) is 0 Å². The van der Waals surface area contributed by atoms with E-state index in [1.165, 1.54) is 11.3 Å². The van der Waals surface area contributed by atoms with Gasteiger partial charge in [-0.3, -0.25) is 4.79 Å². The van der Waals surface area contributed by atoms with Crippen molar-refractivity contribution in [2.45, 2.75) is 6.92 Å². The first-order chi connectivity index (χ1) is 9.81. The highest BCUT2D eigenvalue weighted by molar-refractivity contribution is 7.21. The van der Waals surface area contributed by atoms with E-state index < -0.39 is 0 Å². The molecule has 0 aliphatic rings. The Hall–Kier alpha value is -2.13. The van der Waals surface area contributed by atoms with E-state index in [9.17, 15) is 4.79 Å². The number of thiophene rings is 1. The largest absolute Gasteiger partial charge is 0.492 e. The van der Waals surface area contributed by atoms with Gasteiger partial charge in [-0.1, -0.05) is 42.5 Å². The van der Waals surface area contributed by atoms with E-state index in [1.807, 2.05) is 61.5 Å². The lowest BCUT2D eigenvalue weighted by Gasteiger charge is -2.05. The molecule has 0 saturated heterocycles. The topological polar surface area (TPSA) is 26.3 Å². The quantitative estimate of drug-likeness (QED) is 0.657. The summed E-state index contributed by atoms with van der Waals surface area (Å²) in [5.41, 5.74) is 0.694. The molecule has 0 aliphatic heterocycles. The second-order valence-corrected chi connectivity index (χ2v) is 5.44. The number of hydrogen-bond donors (Lipinski definition) is 0. The molecule has 1 aromatic heterocycles. The average Bonchev–Trinajstić information content (AvgIpc) is 2.87. The van der Waals surface area contributed by atoms with Gasteiger partial charge < -0.3 is 4.74 Å². The van der Waals surface area contributed by atoms with Gasteiger partial charge in [0, 0.05) is 15.6 Å². The minimum atomic E-state index is 0.0234. The van der Waals surface area contributed by atoms with Gasteiger partial charge in [-0.15, -0.1) is 11.3 Å². The van der Waals surface area contributed by atoms with E-state index >= 15 is 0 Å². The number of carbonyl (C=O) groups excluding carboxylic acids is 1. The first-order valence-corrected chi connectivity index (χ1v) is 7.37. The van der Waals surface area contributed by atoms with Gasteiger partial charge in [0.1, 0.15) is 10.6 Å². The zero-order chi connectivity index (χ0) is 13.9. The maximum absolute atomic E-state index is 12.6. The van der Waals surface area contributed by atoms with Crippen LogP contribution in [-0.2, 0) is 0 Å². The van der Waals surface area contributed by atoms with Crippen molar-refractivity contribution in [1.29, 1.82) is 0 Å². The van der Waals surface area contributed by atoms with Gasteiger partial charge in [-0.2, -0.15) is 0 Å². The number of hydrogen-bond acceptors (Lipinski definition) is 3. The molecule has 0 bridgehead atoms. The predicted octanol–water partition coefficient (Wildman–Crippen LogP) is 4.53. The molecule has 0 amide bonds. The molecule has 2 nitrogen and oxygen atoms in total. The number of ether oxygens (including phenoxy) is 1. The molecule has 100 valence electrons. The van der Waals surface area contributed by atoms with Crippen molar-refractivity contribution >= 4 is 27.2 Å². The lowest BCUT2D eigenvalue weighted by atomic mass is 10.1. The molecule has 0 saturated carbocycles. The molecule has 20 heavy (non-hydrogen) atoms. The van der Waals surface area contributed by atoms with Gasteiger partial charge >= 0.3 is 0 Å². The molecule has 0 atom stereocenters. The summed E-state index contributed by atoms with van der Waals surface area (Å²) in [6, 6.07) is 17.3. The van der Waals surface area contributed by atoms with Crippen LogP contribution in [0.2, 0.25) is 0 Å². The van der Waals surface area contributed by atoms with Crippen molar-refractivity contribution in [2.75, 3.05) is 6.61 Å². The van der Waals surface area contributed by atoms with Crippen LogP contribution in [-0.4, -0.2) is 12.4 Å². The Labute approximate surface area is 121 Å². The van der Waals surface area contributed by atoms with Crippen molar-refractivity contribution in [1.82, 2.24) is 0 Å². The van der Waals surface area contributed by atoms with Crippen LogP contribution in [0, 0.1) is 0 Å². The fourth-order valence-electron chi connectivity index (χ4n) is 2.18. The molecule has 0 N–H and O–H groups in total. The fourth-order valence-corrected chi connectivity index (χ4v) is 3.29. The van der Waals surface area contributed by atoms with Crippen molar-refractivity contribution in [3.05, 3.63) is 65.0 Å². The first kappa shape index (κ1) is 12.9. The number of rotatable bonds is 4. The lowest BCUT2D eigenvalue weighted by molar-refractivity contribution is 0.103. The molecule has 0 aliphatic carbocycles. The van der Waals surface area contributed by atoms with Crippen LogP contribution in [0.1, 0.15) is 22.2 Å². The van der Waals surface area contributed by atoms with Gasteiger partial charge in [-0.25, -0.2) is 0 Å². The molecule has 3 heteroatoms. The SMILES string of the molecule is CCOc1c(C(=O)c2ccccc2)sc2ccccc12. The Kier molecular flexibility index (Phi) is 3.52. The molecule has 3 rings (SSSR count). The minimum absolute atomic E-state index is 0.0234. The summed E-state index contributed by atoms with van der Waals surface area (Å²) in [5.74, 6) is 0.734. The Morgan fingerprint density at radius 2 is 1.75 bits per heavy atom. The van der Waals surface area contributed by atoms with E-state index in [0.717, 1.165) is 10.1 Å². The summed E-state index contributed by atoms with van der Waals surface area (Å²) in [7, 11) is 0. The monoisotopic (exact) mass is 282 g/mol. The second kappa shape index (κ2) is 5.47. The van der Waals surface area contributed by atoms with E-state index in [0.29, 0.717) is 22.8 Å². The fraction of sp³-hybridized carbons (Fsp3) is 0.118. The predicted molar refractivity (Wildman–Crippen MR) is 82.9 cm³/mol. The first-order valence-electron chi connectivity index (χ1n) is 6.55. The molecule has 3 aromatic rings. The number of carbonyl (C=O) groups is 1. The molecule has 1 heterocycles. The Morgan fingerprint density at radius 1 is 1.05 bits per heavy atom. The molecule has 0 fully saturated rings. The third-order valence-corrected chi connectivity index (χ3v) is 4.23. The van der Waals surface area contributed by atoms with Gasteiger partial charge in [0.05, 0.1) is 6.61 Å². The molecular formula is C17H14O2S. The number of benzene rings is 2. The van der Waals surface area contributed by atoms with Gasteiger partial charge in [0.2, 0.25) is 5.78 Å². The molecule has 0 unspecified atom stereocenters. The van der Waals surface area contributed by atoms with Crippen LogP contribution < -0.4 is 4.74 Å². The van der Waals surface area contributed by atoms with Crippen LogP contribution in [0.5, 0.6) is 5.75 Å². The molecule has 0 spiro atoms. The molecular weight excluding hydrogens is 268 g/mol. The Morgan fingerprint density at radius 3 is 2.50 bits per heavy atom. The van der Waals surface area contributed by atoms with Gasteiger partial charge in [0.15, 0.2) is 0 Å². The van der Waals surface area contributed by atoms with E-state index in [-0.39, 0.29) is 5.78 Å². The zero-order valence-electron chi connectivity index (χ0n) is 11.1. The van der Waals surface area contributed by atoms with E-state index in [1.54, 1.807) is 0 Å². The van der Waals surface area contributed by atoms with Gasteiger partial charge in [-0.05, 0) is 19.1 Å². The van der Waals surface area contributed by atoms with Crippen LogP contribution >= 0.6 is 11.3 Å². The summed E-state index contributed by atoms with van der Waals surface area (Å²) in [6.45, 7) is 2.49. The van der Waals surface area contributed by atoms with Crippen LogP contribution in [0.15, 0.2) is 54.6 Å². The summed E-state index contributed by atoms with van der Waals surface area (Å²) in [4.78, 5) is 13.3. The Balaban J connectivity index is 2.15. The zero-order valence-corrected chi connectivity index (χ0v) is 11.9. The second-order valence-electron chi connectivity index (χ2n) is 4.38. The normalized spacial score (nSPS) is 10.7. The van der Waals surface area contributed by atoms with E-state index in [4.69, 9.17) is 4.74 Å². The number of ketones is 1.